The summed E-state index contributed by atoms with van der Waals surface area (Å²) in [6.07, 6.45) is 4.41. The number of amides is 1. The first kappa shape index (κ1) is 17.5. The molecule has 26 heavy (non-hydrogen) atoms. The van der Waals surface area contributed by atoms with Gasteiger partial charge in [-0.3, -0.25) is 4.79 Å². The van der Waals surface area contributed by atoms with Gasteiger partial charge < -0.3 is 5.32 Å². The Morgan fingerprint density at radius 3 is 2.46 bits per heavy atom. The van der Waals surface area contributed by atoms with Crippen molar-refractivity contribution in [1.29, 1.82) is 0 Å². The molecule has 0 aliphatic carbocycles. The molecule has 134 valence electrons. The van der Waals surface area contributed by atoms with Crippen LogP contribution >= 0.6 is 0 Å². The van der Waals surface area contributed by atoms with Crippen molar-refractivity contribution >= 4 is 27.6 Å². The van der Waals surface area contributed by atoms with Crippen molar-refractivity contribution in [3.05, 3.63) is 54.6 Å². The molecule has 0 saturated carbocycles. The van der Waals surface area contributed by atoms with Gasteiger partial charge in [0.2, 0.25) is 11.9 Å². The van der Waals surface area contributed by atoms with Crippen LogP contribution in [0.15, 0.2) is 53.8 Å². The summed E-state index contributed by atoms with van der Waals surface area (Å²) in [5.74, 6) is -0.321. The average Bonchev–Trinajstić information content (AvgIpc) is 3.00. The van der Waals surface area contributed by atoms with Gasteiger partial charge in [0.05, 0.1) is 16.8 Å². The molecule has 0 radical (unpaired) electrons. The lowest BCUT2D eigenvalue weighted by molar-refractivity contribution is -0.117. The number of aromatic nitrogens is 5. The van der Waals surface area contributed by atoms with Crippen LogP contribution in [-0.4, -0.2) is 39.3 Å². The molecule has 2 aromatic heterocycles. The molecule has 2 heterocycles. The van der Waals surface area contributed by atoms with E-state index in [2.05, 4.69) is 30.3 Å². The second-order valence-corrected chi connectivity index (χ2v) is 6.97. The van der Waals surface area contributed by atoms with E-state index in [4.69, 9.17) is 0 Å². The number of carbonyl (C=O) groups excluding carboxylic acids is 1. The van der Waals surface area contributed by atoms with Crippen molar-refractivity contribution in [1.82, 2.24) is 25.0 Å². The molecule has 0 saturated heterocycles. The van der Waals surface area contributed by atoms with Crippen LogP contribution in [0.1, 0.15) is 5.69 Å². The third kappa shape index (κ3) is 4.19. The Balaban J connectivity index is 1.66. The number of benzene rings is 1. The van der Waals surface area contributed by atoms with E-state index in [0.29, 0.717) is 5.69 Å². The van der Waals surface area contributed by atoms with E-state index >= 15 is 0 Å². The van der Waals surface area contributed by atoms with Crippen LogP contribution in [0, 0.1) is 6.92 Å². The van der Waals surface area contributed by atoms with E-state index in [1.54, 1.807) is 19.2 Å². The summed E-state index contributed by atoms with van der Waals surface area (Å²) in [6, 6.07) is 7.32. The highest BCUT2D eigenvalue weighted by molar-refractivity contribution is 7.92. The molecule has 0 fully saturated rings. The minimum Gasteiger partial charge on any atom is -0.324 e. The van der Waals surface area contributed by atoms with Gasteiger partial charge >= 0.3 is 0 Å². The average molecular weight is 373 g/mol. The Morgan fingerprint density at radius 2 is 1.85 bits per heavy atom. The van der Waals surface area contributed by atoms with Gasteiger partial charge in [0.15, 0.2) is 0 Å². The Hall–Kier alpha value is -3.34. The summed E-state index contributed by atoms with van der Waals surface area (Å²) in [4.78, 5) is 19.7. The minimum atomic E-state index is -3.82. The summed E-state index contributed by atoms with van der Waals surface area (Å²) >= 11 is 0. The van der Waals surface area contributed by atoms with Crippen molar-refractivity contribution in [2.45, 2.75) is 18.4 Å². The maximum atomic E-state index is 12.3. The zero-order valence-corrected chi connectivity index (χ0v) is 14.5. The van der Waals surface area contributed by atoms with Crippen LogP contribution in [0.2, 0.25) is 0 Å². The van der Waals surface area contributed by atoms with Gasteiger partial charge in [-0.2, -0.15) is 0 Å². The van der Waals surface area contributed by atoms with Crippen molar-refractivity contribution in [3.63, 3.8) is 0 Å². The fraction of sp³-hybridized carbons (Fsp3) is 0.133. The Labute approximate surface area is 149 Å². The Bertz CT molecular complexity index is 1000. The topological polar surface area (TPSA) is 132 Å². The van der Waals surface area contributed by atoms with Gasteiger partial charge in [-0.05, 0) is 37.3 Å². The van der Waals surface area contributed by atoms with E-state index in [9.17, 15) is 13.2 Å². The predicted octanol–water partition coefficient (Wildman–Crippen LogP) is 0.816. The van der Waals surface area contributed by atoms with Crippen LogP contribution in [0.25, 0.3) is 0 Å². The molecule has 10 nitrogen and oxygen atoms in total. The van der Waals surface area contributed by atoms with Gasteiger partial charge in [-0.15, -0.1) is 5.10 Å². The number of rotatable bonds is 6. The SMILES string of the molecule is Cc1cnnn1CC(=O)Nc1ccc(S(=O)(=O)Nc2ncccn2)cc1. The van der Waals surface area contributed by atoms with Crippen LogP contribution in [0.4, 0.5) is 11.6 Å². The molecular formula is C15H15N7O3S. The van der Waals surface area contributed by atoms with Gasteiger partial charge in [0, 0.05) is 18.1 Å². The summed E-state index contributed by atoms with van der Waals surface area (Å²) in [7, 11) is -3.82. The Kier molecular flexibility index (Phi) is 4.89. The molecule has 2 N–H and O–H groups in total. The number of nitrogens with one attached hydrogen (secondary N) is 2. The normalized spacial score (nSPS) is 11.1. The molecule has 0 unspecified atom stereocenters. The largest absolute Gasteiger partial charge is 0.324 e. The van der Waals surface area contributed by atoms with Crippen LogP contribution in [-0.2, 0) is 21.4 Å². The number of carbonyl (C=O) groups is 1. The van der Waals surface area contributed by atoms with Crippen molar-refractivity contribution in [2.75, 3.05) is 10.0 Å². The summed E-state index contributed by atoms with van der Waals surface area (Å²) < 4.78 is 28.3. The quantitative estimate of drug-likeness (QED) is 0.653. The number of anilines is 2. The lowest BCUT2D eigenvalue weighted by Gasteiger charge is -2.08. The maximum Gasteiger partial charge on any atom is 0.264 e. The lowest BCUT2D eigenvalue weighted by atomic mass is 10.3. The molecule has 0 aliphatic heterocycles. The lowest BCUT2D eigenvalue weighted by Crippen LogP contribution is -2.20. The molecule has 0 spiro atoms. The molecule has 0 atom stereocenters. The monoisotopic (exact) mass is 373 g/mol. The first-order valence-electron chi connectivity index (χ1n) is 7.49. The number of hydrogen-bond donors (Lipinski definition) is 2. The van der Waals surface area contributed by atoms with E-state index in [1.807, 2.05) is 0 Å². The highest BCUT2D eigenvalue weighted by atomic mass is 32.2. The third-order valence-electron chi connectivity index (χ3n) is 3.34. The fourth-order valence-corrected chi connectivity index (χ4v) is 3.01. The molecule has 1 aromatic carbocycles. The van der Waals surface area contributed by atoms with Gasteiger partial charge in [0.25, 0.3) is 10.0 Å². The fourth-order valence-electron chi connectivity index (χ4n) is 2.05. The molecule has 0 aliphatic rings. The molecular weight excluding hydrogens is 358 g/mol. The zero-order valence-electron chi connectivity index (χ0n) is 13.7. The van der Waals surface area contributed by atoms with Crippen molar-refractivity contribution in [3.8, 4) is 0 Å². The van der Waals surface area contributed by atoms with E-state index in [1.165, 1.54) is 41.3 Å². The Morgan fingerprint density at radius 1 is 1.15 bits per heavy atom. The number of sulfonamides is 1. The second-order valence-electron chi connectivity index (χ2n) is 5.28. The van der Waals surface area contributed by atoms with Crippen LogP contribution in [0.5, 0.6) is 0 Å². The van der Waals surface area contributed by atoms with Crippen molar-refractivity contribution in [2.24, 2.45) is 0 Å². The zero-order chi connectivity index (χ0) is 18.6. The van der Waals surface area contributed by atoms with Gasteiger partial charge in [-0.1, -0.05) is 5.21 Å². The molecule has 0 bridgehead atoms. The van der Waals surface area contributed by atoms with E-state index < -0.39 is 10.0 Å². The molecule has 11 heteroatoms. The van der Waals surface area contributed by atoms with E-state index in [0.717, 1.165) is 5.69 Å². The van der Waals surface area contributed by atoms with Crippen LogP contribution in [0.3, 0.4) is 0 Å². The van der Waals surface area contributed by atoms with E-state index in [-0.39, 0.29) is 23.3 Å². The van der Waals surface area contributed by atoms with Crippen LogP contribution < -0.4 is 10.0 Å². The van der Waals surface area contributed by atoms with Gasteiger partial charge in [0.1, 0.15) is 6.54 Å². The standard InChI is InChI=1S/C15H15N7O3S/c1-11-9-18-21-22(11)10-14(23)19-12-3-5-13(6-4-12)26(24,25)20-15-16-7-2-8-17-15/h2-9H,10H2,1H3,(H,19,23)(H,16,17,20). The number of hydrogen-bond acceptors (Lipinski definition) is 7. The first-order chi connectivity index (χ1) is 12.4. The number of aryl methyl sites for hydroxylation is 1. The molecule has 3 aromatic rings. The molecule has 3 rings (SSSR count). The summed E-state index contributed by atoms with van der Waals surface area (Å²) in [6.45, 7) is 1.80. The van der Waals surface area contributed by atoms with Gasteiger partial charge in [-0.25, -0.2) is 27.8 Å². The second kappa shape index (κ2) is 7.27. The first-order valence-corrected chi connectivity index (χ1v) is 8.97. The number of nitrogens with zero attached hydrogens (tertiary/aromatic N) is 5. The third-order valence-corrected chi connectivity index (χ3v) is 4.69. The minimum absolute atomic E-state index is 0.0127. The summed E-state index contributed by atoms with van der Waals surface area (Å²) in [5, 5.41) is 10.2. The molecule has 1 amide bonds. The highest BCUT2D eigenvalue weighted by Gasteiger charge is 2.15. The smallest absolute Gasteiger partial charge is 0.264 e. The highest BCUT2D eigenvalue weighted by Crippen LogP contribution is 2.16. The summed E-state index contributed by atoms with van der Waals surface area (Å²) in [5.41, 5.74) is 1.22. The predicted molar refractivity (Wildman–Crippen MR) is 92.7 cm³/mol. The maximum absolute atomic E-state index is 12.3. The van der Waals surface area contributed by atoms with Crippen molar-refractivity contribution < 1.29 is 13.2 Å².